The highest BCUT2D eigenvalue weighted by Crippen LogP contribution is 2.21. The van der Waals surface area contributed by atoms with Crippen molar-refractivity contribution < 1.29 is 21.7 Å². The molecule has 0 aliphatic carbocycles. The molecule has 1 heterocycles. The summed E-state index contributed by atoms with van der Waals surface area (Å²) in [6.45, 7) is 2.87. The Labute approximate surface area is 174 Å². The van der Waals surface area contributed by atoms with E-state index in [0.29, 0.717) is 0 Å². The molecule has 0 bridgehead atoms. The summed E-state index contributed by atoms with van der Waals surface area (Å²) in [5.41, 5.74) is 4.37. The average Bonchev–Trinajstić information content (AvgIpc) is 3.04. The van der Waals surface area contributed by atoms with Gasteiger partial charge in [0.1, 0.15) is 11.4 Å². The molecular formula is C19H22N4O4S2. The van der Waals surface area contributed by atoms with Crippen LogP contribution in [0.2, 0.25) is 0 Å². The topological polar surface area (TPSA) is 107 Å². The van der Waals surface area contributed by atoms with Crippen LogP contribution in [0, 0.1) is 6.92 Å². The van der Waals surface area contributed by atoms with E-state index in [0.717, 1.165) is 30.2 Å². The molecule has 29 heavy (non-hydrogen) atoms. The first kappa shape index (κ1) is 22.6. The maximum atomic E-state index is 9.22. The molecule has 0 aliphatic heterocycles. The minimum absolute atomic E-state index is 0.808. The van der Waals surface area contributed by atoms with E-state index in [1.165, 1.54) is 11.3 Å². The Kier molecular flexibility index (Phi) is 8.40. The normalized spacial score (nSPS) is 11.2. The van der Waals surface area contributed by atoms with E-state index in [1.807, 2.05) is 54.1 Å². The monoisotopic (exact) mass is 434 g/mol. The van der Waals surface area contributed by atoms with Gasteiger partial charge in [-0.25, -0.2) is 13.0 Å². The van der Waals surface area contributed by atoms with Gasteiger partial charge in [-0.3, -0.25) is 4.18 Å². The van der Waals surface area contributed by atoms with Gasteiger partial charge in [-0.15, -0.1) is 0 Å². The number of aryl methyl sites for hydroxylation is 1. The van der Waals surface area contributed by atoms with E-state index in [9.17, 15) is 13.0 Å². The van der Waals surface area contributed by atoms with Crippen LogP contribution in [0.3, 0.4) is 0 Å². The van der Waals surface area contributed by atoms with Gasteiger partial charge < -0.3 is 9.87 Å². The molecule has 2 aromatic carbocycles. The molecule has 0 saturated heterocycles. The number of hydrogen-bond acceptors (Lipinski definition) is 8. The van der Waals surface area contributed by atoms with Crippen molar-refractivity contribution in [2.75, 3.05) is 12.4 Å². The van der Waals surface area contributed by atoms with Crippen LogP contribution >= 0.6 is 11.3 Å². The fourth-order valence-electron chi connectivity index (χ4n) is 2.08. The minimum Gasteiger partial charge on any atom is -0.726 e. The van der Waals surface area contributed by atoms with Crippen molar-refractivity contribution in [3.8, 4) is 0 Å². The zero-order valence-corrected chi connectivity index (χ0v) is 17.9. The SMILES string of the molecule is COS(=O)(=O)[O-].Cc1csc(N=Nc2ccc(NCc3ccccc3)cc2)[n+]1C. The zero-order valence-electron chi connectivity index (χ0n) is 16.3. The lowest BCUT2D eigenvalue weighted by Crippen LogP contribution is -2.28. The van der Waals surface area contributed by atoms with E-state index in [-0.39, 0.29) is 0 Å². The predicted octanol–water partition coefficient (Wildman–Crippen LogP) is 4.00. The summed E-state index contributed by atoms with van der Waals surface area (Å²) in [6, 6.07) is 18.3. The van der Waals surface area contributed by atoms with Crippen LogP contribution in [0.5, 0.6) is 0 Å². The predicted molar refractivity (Wildman–Crippen MR) is 111 cm³/mol. The number of nitrogens with zero attached hydrogens (tertiary/aromatic N) is 3. The van der Waals surface area contributed by atoms with Gasteiger partial charge in [0.15, 0.2) is 0 Å². The molecule has 8 nitrogen and oxygen atoms in total. The van der Waals surface area contributed by atoms with Crippen molar-refractivity contribution >= 4 is 38.2 Å². The summed E-state index contributed by atoms with van der Waals surface area (Å²) >= 11 is 1.59. The van der Waals surface area contributed by atoms with Crippen molar-refractivity contribution in [3.63, 3.8) is 0 Å². The molecule has 0 amide bonds. The third-order valence-electron chi connectivity index (χ3n) is 3.81. The molecule has 0 radical (unpaired) electrons. The highest BCUT2D eigenvalue weighted by atomic mass is 32.3. The van der Waals surface area contributed by atoms with Crippen molar-refractivity contribution in [2.45, 2.75) is 13.5 Å². The maximum absolute atomic E-state index is 9.22. The fraction of sp³-hybridized carbons (Fsp3) is 0.211. The van der Waals surface area contributed by atoms with Gasteiger partial charge in [-0.1, -0.05) is 30.3 Å². The van der Waals surface area contributed by atoms with Gasteiger partial charge >= 0.3 is 5.13 Å². The Morgan fingerprint density at radius 3 is 2.24 bits per heavy atom. The smallest absolute Gasteiger partial charge is 0.408 e. The number of nitrogens with one attached hydrogen (secondary N) is 1. The summed E-state index contributed by atoms with van der Waals surface area (Å²) in [5, 5.41) is 15.0. The number of hydrogen-bond donors (Lipinski definition) is 1. The molecule has 0 atom stereocenters. The van der Waals surface area contributed by atoms with Crippen LogP contribution in [-0.2, 0) is 28.2 Å². The van der Waals surface area contributed by atoms with Crippen LogP contribution in [0.4, 0.5) is 16.5 Å². The largest absolute Gasteiger partial charge is 0.726 e. The van der Waals surface area contributed by atoms with Crippen LogP contribution in [0.15, 0.2) is 70.2 Å². The number of rotatable bonds is 6. The van der Waals surface area contributed by atoms with Crippen LogP contribution in [0.1, 0.15) is 11.3 Å². The third kappa shape index (κ3) is 8.08. The Hall–Kier alpha value is -2.66. The molecule has 3 rings (SSSR count). The van der Waals surface area contributed by atoms with Crippen molar-refractivity contribution in [3.05, 3.63) is 71.2 Å². The molecule has 3 aromatic rings. The molecule has 0 fully saturated rings. The molecule has 154 valence electrons. The molecule has 0 unspecified atom stereocenters. The summed E-state index contributed by atoms with van der Waals surface area (Å²) < 4.78 is 33.1. The van der Waals surface area contributed by atoms with Crippen molar-refractivity contribution in [1.29, 1.82) is 0 Å². The van der Waals surface area contributed by atoms with Crippen molar-refractivity contribution in [2.24, 2.45) is 17.3 Å². The van der Waals surface area contributed by atoms with E-state index in [4.69, 9.17) is 0 Å². The van der Waals surface area contributed by atoms with Crippen LogP contribution in [0.25, 0.3) is 0 Å². The molecule has 10 heteroatoms. The zero-order chi connectivity index (χ0) is 21.3. The number of benzene rings is 2. The molecule has 0 saturated carbocycles. The lowest BCUT2D eigenvalue weighted by molar-refractivity contribution is -0.660. The van der Waals surface area contributed by atoms with Crippen LogP contribution < -0.4 is 9.88 Å². The molecule has 0 spiro atoms. The van der Waals surface area contributed by atoms with Gasteiger partial charge in [0, 0.05) is 17.6 Å². The second kappa shape index (κ2) is 10.8. The Morgan fingerprint density at radius 2 is 1.72 bits per heavy atom. The highest BCUT2D eigenvalue weighted by Gasteiger charge is 2.11. The molecule has 1 aromatic heterocycles. The van der Waals surface area contributed by atoms with Crippen molar-refractivity contribution in [1.82, 2.24) is 0 Å². The van der Waals surface area contributed by atoms with E-state index >= 15 is 0 Å². The Bertz CT molecular complexity index is 1030. The Morgan fingerprint density at radius 1 is 1.10 bits per heavy atom. The minimum atomic E-state index is -4.41. The van der Waals surface area contributed by atoms with Gasteiger partial charge in [-0.05, 0) is 53.2 Å². The first-order valence-corrected chi connectivity index (χ1v) is 10.7. The van der Waals surface area contributed by atoms with E-state index < -0.39 is 10.4 Å². The number of aromatic nitrogens is 1. The lowest BCUT2D eigenvalue weighted by atomic mass is 10.2. The number of azo groups is 1. The second-order valence-corrected chi connectivity index (χ2v) is 7.87. The van der Waals surface area contributed by atoms with Gasteiger partial charge in [0.25, 0.3) is 0 Å². The van der Waals surface area contributed by atoms with E-state index in [1.54, 1.807) is 11.3 Å². The van der Waals surface area contributed by atoms with Crippen LogP contribution in [-0.4, -0.2) is 20.1 Å². The standard InChI is InChI=1S/C18H18N4S.CH4O4S/c1-14-13-23-18(22(14)2)21-20-17-10-8-16(9-11-17)19-12-15-6-4-3-5-7-15;1-5-6(2,3)4/h3-11,13H,12H2,1-2H3;1H3,(H,2,3,4). The lowest BCUT2D eigenvalue weighted by Gasteiger charge is -2.05. The molecule has 1 N–H and O–H groups in total. The second-order valence-electron chi connectivity index (χ2n) is 5.88. The third-order valence-corrected chi connectivity index (χ3v) is 5.25. The van der Waals surface area contributed by atoms with Gasteiger partial charge in [-0.2, -0.15) is 0 Å². The quantitative estimate of drug-likeness (QED) is 0.273. The number of thiazole rings is 1. The first-order valence-electron chi connectivity index (χ1n) is 8.53. The summed E-state index contributed by atoms with van der Waals surface area (Å²) in [6.07, 6.45) is 0. The first-order chi connectivity index (χ1) is 13.8. The molecule has 0 aliphatic rings. The Balaban J connectivity index is 0.000000438. The maximum Gasteiger partial charge on any atom is 0.408 e. The van der Waals surface area contributed by atoms with Gasteiger partial charge in [0.05, 0.1) is 19.3 Å². The fourth-order valence-corrected chi connectivity index (χ4v) is 2.91. The summed E-state index contributed by atoms with van der Waals surface area (Å²) in [5.74, 6) is 0. The van der Waals surface area contributed by atoms with E-state index in [2.05, 4.69) is 44.2 Å². The molecular weight excluding hydrogens is 412 g/mol. The number of anilines is 1. The average molecular weight is 435 g/mol. The summed E-state index contributed by atoms with van der Waals surface area (Å²) in [4.78, 5) is 0. The highest BCUT2D eigenvalue weighted by molar-refractivity contribution is 7.80. The summed E-state index contributed by atoms with van der Waals surface area (Å²) in [7, 11) is -1.61. The van der Waals surface area contributed by atoms with Gasteiger partial charge in [0.2, 0.25) is 10.4 Å².